The number of fused-ring (bicyclic) bond motifs is 16. The summed E-state index contributed by atoms with van der Waals surface area (Å²) in [6, 6.07) is 51.5. The van der Waals surface area contributed by atoms with Crippen molar-refractivity contribution >= 4 is 22.8 Å². The summed E-state index contributed by atoms with van der Waals surface area (Å²) in [6.07, 6.45) is 0.0302. The zero-order chi connectivity index (χ0) is 28.7. The number of nitrogens with zero attached hydrogens (tertiary/aromatic N) is 2. The number of hydrogen-bond acceptors (Lipinski definition) is 2. The molecule has 0 unspecified atom stereocenters. The lowest BCUT2D eigenvalue weighted by atomic mass is 9.84. The lowest BCUT2D eigenvalue weighted by molar-refractivity contribution is 0.759. The molecular formula is C41H30N2. The first-order valence-electron chi connectivity index (χ1n) is 15.1. The molecule has 3 aliphatic heterocycles. The van der Waals surface area contributed by atoms with Crippen molar-refractivity contribution in [3.63, 3.8) is 0 Å². The molecule has 0 spiro atoms. The van der Waals surface area contributed by atoms with Gasteiger partial charge in [0.25, 0.3) is 0 Å². The molecule has 9 rings (SSSR count). The van der Waals surface area contributed by atoms with Crippen LogP contribution in [0.25, 0.3) is 55.9 Å². The van der Waals surface area contributed by atoms with Gasteiger partial charge in [-0.3, -0.25) is 0 Å². The van der Waals surface area contributed by atoms with Crippen LogP contribution in [0.2, 0.25) is 0 Å². The van der Waals surface area contributed by atoms with Crippen molar-refractivity contribution in [3.8, 4) is 44.5 Å². The van der Waals surface area contributed by atoms with Gasteiger partial charge in [0.15, 0.2) is 0 Å². The Labute approximate surface area is 252 Å². The van der Waals surface area contributed by atoms with Crippen LogP contribution in [0, 0.1) is 6.92 Å². The van der Waals surface area contributed by atoms with E-state index in [9.17, 15) is 0 Å². The van der Waals surface area contributed by atoms with Gasteiger partial charge in [0.05, 0.1) is 22.8 Å². The molecule has 1 atom stereocenters. The third-order valence-electron chi connectivity index (χ3n) is 9.47. The highest BCUT2D eigenvalue weighted by molar-refractivity contribution is 6.16. The van der Waals surface area contributed by atoms with E-state index in [1.54, 1.807) is 0 Å². The van der Waals surface area contributed by atoms with Crippen LogP contribution >= 0.6 is 0 Å². The first kappa shape index (κ1) is 24.3. The second-order valence-electron chi connectivity index (χ2n) is 11.7. The Morgan fingerprint density at radius 3 is 1.30 bits per heavy atom. The average molecular weight is 551 g/mol. The first-order valence-corrected chi connectivity index (χ1v) is 15.1. The van der Waals surface area contributed by atoms with Crippen LogP contribution in [-0.4, -0.2) is 6.17 Å². The standard InChI is InChI=1S/C41H30N2/c1-26-14-13-24-35-31-18-6-4-16-29(31)33-20-8-10-23-37(33)41-40-36-22-9-7-19-32(36)28-15-3-5-17-30(28)34-21-11-12-25-38(34)42(40)27(2)43(41)39(26)35/h3-25,27H,1-2H3/t27-/m0/s1. The van der Waals surface area contributed by atoms with Crippen LogP contribution in [0.5, 0.6) is 0 Å². The molecular weight excluding hydrogens is 520 g/mol. The molecule has 204 valence electrons. The number of para-hydroxylation sites is 2. The van der Waals surface area contributed by atoms with Gasteiger partial charge < -0.3 is 9.80 Å². The summed E-state index contributed by atoms with van der Waals surface area (Å²) in [4.78, 5) is 5.22. The van der Waals surface area contributed by atoms with Crippen molar-refractivity contribution < 1.29 is 0 Å². The van der Waals surface area contributed by atoms with Gasteiger partial charge in [0, 0.05) is 22.3 Å². The van der Waals surface area contributed by atoms with E-state index in [1.165, 1.54) is 84.0 Å². The van der Waals surface area contributed by atoms with Crippen molar-refractivity contribution in [1.29, 1.82) is 0 Å². The third-order valence-corrected chi connectivity index (χ3v) is 9.47. The second kappa shape index (κ2) is 9.08. The molecule has 0 amide bonds. The number of hydrogen-bond donors (Lipinski definition) is 0. The van der Waals surface area contributed by atoms with E-state index in [-0.39, 0.29) is 6.17 Å². The number of anilines is 2. The molecule has 3 aliphatic rings. The third kappa shape index (κ3) is 3.29. The molecule has 2 nitrogen and oxygen atoms in total. The van der Waals surface area contributed by atoms with Gasteiger partial charge in [0.2, 0.25) is 0 Å². The van der Waals surface area contributed by atoms with E-state index in [0.29, 0.717) is 0 Å². The van der Waals surface area contributed by atoms with Gasteiger partial charge in [-0.1, -0.05) is 133 Å². The topological polar surface area (TPSA) is 6.48 Å². The molecule has 0 saturated heterocycles. The Morgan fingerprint density at radius 2 is 0.744 bits per heavy atom. The predicted octanol–water partition coefficient (Wildman–Crippen LogP) is 10.5. The molecule has 0 saturated carbocycles. The highest BCUT2D eigenvalue weighted by Crippen LogP contribution is 2.56. The van der Waals surface area contributed by atoms with Crippen LogP contribution in [0.4, 0.5) is 11.4 Å². The fraction of sp³-hybridized carbons (Fsp3) is 0.0732. The van der Waals surface area contributed by atoms with E-state index < -0.39 is 0 Å². The monoisotopic (exact) mass is 550 g/mol. The van der Waals surface area contributed by atoms with Crippen molar-refractivity contribution in [2.45, 2.75) is 20.0 Å². The van der Waals surface area contributed by atoms with Gasteiger partial charge >= 0.3 is 0 Å². The molecule has 0 aromatic heterocycles. The molecule has 3 heterocycles. The largest absolute Gasteiger partial charge is 0.317 e. The van der Waals surface area contributed by atoms with Crippen LogP contribution in [0.15, 0.2) is 140 Å². The zero-order valence-corrected chi connectivity index (χ0v) is 24.3. The van der Waals surface area contributed by atoms with Crippen LogP contribution in [-0.2, 0) is 0 Å². The normalized spacial score (nSPS) is 15.7. The van der Waals surface area contributed by atoms with E-state index in [4.69, 9.17) is 0 Å². The van der Waals surface area contributed by atoms with Crippen molar-refractivity contribution in [1.82, 2.24) is 0 Å². The van der Waals surface area contributed by atoms with E-state index in [2.05, 4.69) is 163 Å². The summed E-state index contributed by atoms with van der Waals surface area (Å²) in [7, 11) is 0. The van der Waals surface area contributed by atoms with Gasteiger partial charge in [-0.25, -0.2) is 0 Å². The average Bonchev–Trinajstić information content (AvgIpc) is 3.34. The van der Waals surface area contributed by atoms with Crippen molar-refractivity contribution in [3.05, 3.63) is 156 Å². The van der Waals surface area contributed by atoms with Gasteiger partial charge in [-0.2, -0.15) is 0 Å². The Hall–Kier alpha value is -5.34. The minimum absolute atomic E-state index is 0.0302. The fourth-order valence-electron chi connectivity index (χ4n) is 7.71. The maximum Gasteiger partial charge on any atom is 0.108 e. The SMILES string of the molecule is Cc1cccc2c1N1C(=C3c4ccccc4-c4ccccc4-c4ccccc4N3[C@@H]1C)c1ccccc1-c1ccccc1-2. The smallest absolute Gasteiger partial charge is 0.108 e. The van der Waals surface area contributed by atoms with Gasteiger partial charge in [-0.05, 0) is 58.9 Å². The molecule has 6 aromatic carbocycles. The Balaban J connectivity index is 1.51. The Morgan fingerprint density at radius 1 is 0.372 bits per heavy atom. The minimum Gasteiger partial charge on any atom is -0.317 e. The summed E-state index contributed by atoms with van der Waals surface area (Å²) in [6.45, 7) is 4.63. The maximum absolute atomic E-state index is 2.62. The fourth-order valence-corrected chi connectivity index (χ4v) is 7.71. The van der Waals surface area contributed by atoms with Gasteiger partial charge in [-0.15, -0.1) is 0 Å². The lowest BCUT2D eigenvalue weighted by Crippen LogP contribution is -2.39. The van der Waals surface area contributed by atoms with E-state index >= 15 is 0 Å². The number of aryl methyl sites for hydroxylation is 1. The predicted molar refractivity (Wildman–Crippen MR) is 181 cm³/mol. The van der Waals surface area contributed by atoms with Crippen molar-refractivity contribution in [2.75, 3.05) is 9.80 Å². The Kier molecular flexibility index (Phi) is 5.13. The molecule has 0 bridgehead atoms. The lowest BCUT2D eigenvalue weighted by Gasteiger charge is -2.37. The number of benzene rings is 6. The van der Waals surface area contributed by atoms with E-state index in [0.717, 1.165) is 0 Å². The molecule has 0 N–H and O–H groups in total. The molecule has 2 heteroatoms. The molecule has 0 radical (unpaired) electrons. The summed E-state index contributed by atoms with van der Waals surface area (Å²) >= 11 is 0. The molecule has 0 aliphatic carbocycles. The quantitative estimate of drug-likeness (QED) is 0.186. The summed E-state index contributed by atoms with van der Waals surface area (Å²) in [5, 5.41) is 0. The molecule has 6 aromatic rings. The summed E-state index contributed by atoms with van der Waals surface area (Å²) < 4.78 is 0. The minimum atomic E-state index is 0.0302. The second-order valence-corrected chi connectivity index (χ2v) is 11.7. The zero-order valence-electron chi connectivity index (χ0n) is 24.3. The van der Waals surface area contributed by atoms with Gasteiger partial charge in [0.1, 0.15) is 6.17 Å². The Bertz CT molecular complexity index is 2130. The highest BCUT2D eigenvalue weighted by atomic mass is 15.4. The van der Waals surface area contributed by atoms with Crippen LogP contribution in [0.1, 0.15) is 23.6 Å². The summed E-state index contributed by atoms with van der Waals surface area (Å²) in [5.74, 6) is 0. The summed E-state index contributed by atoms with van der Waals surface area (Å²) in [5.41, 5.74) is 19.0. The highest BCUT2D eigenvalue weighted by Gasteiger charge is 2.43. The molecule has 43 heavy (non-hydrogen) atoms. The van der Waals surface area contributed by atoms with Crippen molar-refractivity contribution in [2.24, 2.45) is 0 Å². The van der Waals surface area contributed by atoms with E-state index in [1.807, 2.05) is 0 Å². The molecule has 0 fully saturated rings. The first-order chi connectivity index (χ1) is 21.2. The van der Waals surface area contributed by atoms with Crippen LogP contribution in [0.3, 0.4) is 0 Å². The number of rotatable bonds is 0. The van der Waals surface area contributed by atoms with Crippen LogP contribution < -0.4 is 9.80 Å². The maximum atomic E-state index is 2.62.